The standard InChI is InChI=1S/C12H9ClS3/c1-7-2-3-9(15-7)12(13)11-6-10-8(16-11)4-5-14-10/h2-6,12H,1H3. The Kier molecular flexibility index (Phi) is 2.80. The Bertz CT molecular complexity index is 588. The Morgan fingerprint density at radius 1 is 1.06 bits per heavy atom. The second-order valence-corrected chi connectivity index (χ2v) is 7.43. The van der Waals surface area contributed by atoms with Crippen LogP contribution < -0.4 is 0 Å². The first-order valence-corrected chi connectivity index (χ1v) is 7.86. The van der Waals surface area contributed by atoms with Gasteiger partial charge in [-0.1, -0.05) is 0 Å². The molecule has 0 spiro atoms. The summed E-state index contributed by atoms with van der Waals surface area (Å²) in [6.45, 7) is 2.12. The zero-order chi connectivity index (χ0) is 11.1. The van der Waals surface area contributed by atoms with Crippen LogP contribution in [0.3, 0.4) is 0 Å². The first-order chi connectivity index (χ1) is 7.74. The van der Waals surface area contributed by atoms with E-state index >= 15 is 0 Å². The van der Waals surface area contributed by atoms with Gasteiger partial charge >= 0.3 is 0 Å². The Morgan fingerprint density at radius 2 is 1.94 bits per heavy atom. The zero-order valence-electron chi connectivity index (χ0n) is 8.57. The minimum Gasteiger partial charge on any atom is -0.144 e. The van der Waals surface area contributed by atoms with Crippen molar-refractivity contribution in [3.8, 4) is 0 Å². The highest BCUT2D eigenvalue weighted by molar-refractivity contribution is 7.27. The molecule has 3 aromatic rings. The van der Waals surface area contributed by atoms with Crippen molar-refractivity contribution in [3.05, 3.63) is 44.3 Å². The number of halogens is 1. The number of hydrogen-bond acceptors (Lipinski definition) is 3. The largest absolute Gasteiger partial charge is 0.144 e. The van der Waals surface area contributed by atoms with Crippen LogP contribution in [0.4, 0.5) is 0 Å². The molecule has 0 saturated carbocycles. The second kappa shape index (κ2) is 4.15. The van der Waals surface area contributed by atoms with E-state index in [1.165, 1.54) is 24.0 Å². The average molecular weight is 285 g/mol. The average Bonchev–Trinajstić information content (AvgIpc) is 2.89. The van der Waals surface area contributed by atoms with Crippen molar-refractivity contribution in [1.29, 1.82) is 0 Å². The lowest BCUT2D eigenvalue weighted by atomic mass is 10.3. The lowest BCUT2D eigenvalue weighted by Gasteiger charge is -2.02. The number of hydrogen-bond donors (Lipinski definition) is 0. The maximum Gasteiger partial charge on any atom is 0.102 e. The SMILES string of the molecule is Cc1ccc(C(Cl)c2cc3sccc3s2)s1. The van der Waals surface area contributed by atoms with Crippen molar-refractivity contribution in [2.24, 2.45) is 0 Å². The lowest BCUT2D eigenvalue weighted by molar-refractivity contribution is 1.24. The molecule has 1 atom stereocenters. The van der Waals surface area contributed by atoms with Gasteiger partial charge in [-0.2, -0.15) is 0 Å². The van der Waals surface area contributed by atoms with Gasteiger partial charge in [0.25, 0.3) is 0 Å². The third kappa shape index (κ3) is 1.82. The summed E-state index contributed by atoms with van der Waals surface area (Å²) < 4.78 is 2.69. The van der Waals surface area contributed by atoms with Gasteiger partial charge in [0.05, 0.1) is 0 Å². The maximum absolute atomic E-state index is 6.50. The van der Waals surface area contributed by atoms with Crippen LogP contribution in [0.5, 0.6) is 0 Å². The predicted molar refractivity (Wildman–Crippen MR) is 76.5 cm³/mol. The van der Waals surface area contributed by atoms with E-state index in [0.29, 0.717) is 0 Å². The topological polar surface area (TPSA) is 0 Å². The van der Waals surface area contributed by atoms with Crippen LogP contribution >= 0.6 is 45.6 Å². The van der Waals surface area contributed by atoms with Gasteiger partial charge in [0.15, 0.2) is 0 Å². The van der Waals surface area contributed by atoms with Gasteiger partial charge in [-0.25, -0.2) is 0 Å². The third-order valence-electron chi connectivity index (χ3n) is 2.42. The molecule has 3 rings (SSSR count). The van der Waals surface area contributed by atoms with Crippen LogP contribution in [0.2, 0.25) is 0 Å². The molecule has 0 amide bonds. The molecule has 0 radical (unpaired) electrons. The number of fused-ring (bicyclic) bond motifs is 1. The van der Waals surface area contributed by atoms with E-state index in [-0.39, 0.29) is 5.38 Å². The molecular formula is C12H9ClS3. The molecule has 0 fully saturated rings. The molecule has 0 N–H and O–H groups in total. The van der Waals surface area contributed by atoms with E-state index in [2.05, 4.69) is 36.6 Å². The van der Waals surface area contributed by atoms with E-state index in [4.69, 9.17) is 11.6 Å². The number of rotatable bonds is 2. The van der Waals surface area contributed by atoms with Crippen LogP contribution in [-0.4, -0.2) is 0 Å². The quantitative estimate of drug-likeness (QED) is 0.533. The highest BCUT2D eigenvalue weighted by Gasteiger charge is 2.15. The van der Waals surface area contributed by atoms with E-state index < -0.39 is 0 Å². The molecule has 0 saturated heterocycles. The fourth-order valence-corrected chi connectivity index (χ4v) is 5.11. The zero-order valence-corrected chi connectivity index (χ0v) is 11.8. The smallest absolute Gasteiger partial charge is 0.102 e. The Labute approximate surface area is 111 Å². The van der Waals surface area contributed by atoms with Crippen LogP contribution in [-0.2, 0) is 0 Å². The summed E-state index contributed by atoms with van der Waals surface area (Å²) in [6, 6.07) is 8.64. The lowest BCUT2D eigenvalue weighted by Crippen LogP contribution is -1.83. The van der Waals surface area contributed by atoms with E-state index in [9.17, 15) is 0 Å². The molecule has 0 nitrogen and oxygen atoms in total. The molecule has 3 aromatic heterocycles. The van der Waals surface area contributed by atoms with Crippen molar-refractivity contribution in [2.75, 3.05) is 0 Å². The van der Waals surface area contributed by atoms with Gasteiger partial charge in [0.1, 0.15) is 5.38 Å². The van der Waals surface area contributed by atoms with Crippen LogP contribution in [0.25, 0.3) is 9.40 Å². The summed E-state index contributed by atoms with van der Waals surface area (Å²) in [7, 11) is 0. The first-order valence-electron chi connectivity index (χ1n) is 4.91. The second-order valence-electron chi connectivity index (χ2n) is 3.61. The van der Waals surface area contributed by atoms with Gasteiger partial charge in [-0.3, -0.25) is 0 Å². The molecule has 0 aliphatic rings. The Morgan fingerprint density at radius 3 is 2.62 bits per heavy atom. The number of thiophene rings is 3. The molecule has 0 aliphatic heterocycles. The summed E-state index contributed by atoms with van der Waals surface area (Å²) >= 11 is 11.9. The van der Waals surface area contributed by atoms with Crippen LogP contribution in [0.1, 0.15) is 20.0 Å². The fourth-order valence-electron chi connectivity index (χ4n) is 1.64. The van der Waals surface area contributed by atoms with E-state index in [1.807, 2.05) is 0 Å². The third-order valence-corrected chi connectivity index (χ3v) is 6.37. The van der Waals surface area contributed by atoms with Crippen molar-refractivity contribution in [3.63, 3.8) is 0 Å². The van der Waals surface area contributed by atoms with Crippen molar-refractivity contribution in [1.82, 2.24) is 0 Å². The summed E-state index contributed by atoms with van der Waals surface area (Å²) in [5.74, 6) is 0. The van der Waals surface area contributed by atoms with Crippen LogP contribution in [0.15, 0.2) is 29.6 Å². The molecule has 4 heteroatoms. The molecule has 1 unspecified atom stereocenters. The highest BCUT2D eigenvalue weighted by atomic mass is 35.5. The predicted octanol–water partition coefficient (Wildman–Crippen LogP) is 5.66. The number of alkyl halides is 1. The van der Waals surface area contributed by atoms with E-state index in [1.54, 1.807) is 34.0 Å². The van der Waals surface area contributed by atoms with Crippen molar-refractivity contribution < 1.29 is 0 Å². The van der Waals surface area contributed by atoms with Gasteiger partial charge < -0.3 is 0 Å². The van der Waals surface area contributed by atoms with E-state index in [0.717, 1.165) is 0 Å². The fraction of sp³-hybridized carbons (Fsp3) is 0.167. The summed E-state index contributed by atoms with van der Waals surface area (Å²) in [5, 5.41) is 2.15. The first kappa shape index (κ1) is 10.8. The highest BCUT2D eigenvalue weighted by Crippen LogP contribution is 2.40. The molecule has 0 aliphatic carbocycles. The summed E-state index contributed by atoms with van der Waals surface area (Å²) in [4.78, 5) is 3.82. The van der Waals surface area contributed by atoms with Crippen molar-refractivity contribution >= 4 is 55.0 Å². The van der Waals surface area contributed by atoms with Gasteiger partial charge in [0, 0.05) is 24.0 Å². The molecule has 0 bridgehead atoms. The Hall–Kier alpha value is -0.350. The normalized spacial score (nSPS) is 13.4. The minimum absolute atomic E-state index is 0.0169. The molecular weight excluding hydrogens is 276 g/mol. The van der Waals surface area contributed by atoms with Crippen molar-refractivity contribution in [2.45, 2.75) is 12.3 Å². The molecule has 0 aromatic carbocycles. The van der Waals surface area contributed by atoms with Gasteiger partial charge in [-0.15, -0.1) is 45.6 Å². The molecule has 82 valence electrons. The summed E-state index contributed by atoms with van der Waals surface area (Å²) in [5.41, 5.74) is 0. The minimum atomic E-state index is 0.0169. The van der Waals surface area contributed by atoms with Crippen LogP contribution in [0, 0.1) is 6.92 Å². The number of aryl methyl sites for hydroxylation is 1. The molecule has 3 heterocycles. The summed E-state index contributed by atoms with van der Waals surface area (Å²) in [6.07, 6.45) is 0. The van der Waals surface area contributed by atoms with Gasteiger partial charge in [-0.05, 0) is 36.6 Å². The maximum atomic E-state index is 6.50. The van der Waals surface area contributed by atoms with Gasteiger partial charge in [0.2, 0.25) is 0 Å². The monoisotopic (exact) mass is 284 g/mol. The Balaban J connectivity index is 2.00. The molecule has 16 heavy (non-hydrogen) atoms.